The van der Waals surface area contributed by atoms with E-state index >= 15 is 0 Å². The maximum absolute atomic E-state index is 13.5. The summed E-state index contributed by atoms with van der Waals surface area (Å²) in [7, 11) is -3.48. The van der Waals surface area contributed by atoms with Crippen molar-refractivity contribution >= 4 is 10.0 Å². The molecule has 0 amide bonds. The molecule has 2 aromatic rings. The highest BCUT2D eigenvalue weighted by atomic mass is 32.2. The van der Waals surface area contributed by atoms with Crippen LogP contribution in [0.4, 0.5) is 4.39 Å². The van der Waals surface area contributed by atoms with E-state index < -0.39 is 10.0 Å². The monoisotopic (exact) mass is 334 g/mol. The molecule has 0 aliphatic carbocycles. The number of benzene rings is 2. The first-order chi connectivity index (χ1) is 11.1. The van der Waals surface area contributed by atoms with E-state index in [2.05, 4.69) is 5.32 Å². The predicted octanol–water partition coefficient (Wildman–Crippen LogP) is 2.30. The molecule has 1 N–H and O–H groups in total. The molecule has 0 radical (unpaired) electrons. The second-order valence-corrected chi connectivity index (χ2v) is 7.55. The van der Waals surface area contributed by atoms with E-state index in [4.69, 9.17) is 0 Å². The van der Waals surface area contributed by atoms with Crippen molar-refractivity contribution in [3.63, 3.8) is 0 Å². The van der Waals surface area contributed by atoms with Gasteiger partial charge in [0.15, 0.2) is 0 Å². The highest BCUT2D eigenvalue weighted by Gasteiger charge is 2.33. The lowest BCUT2D eigenvalue weighted by atomic mass is 10.1. The Morgan fingerprint density at radius 1 is 1.13 bits per heavy atom. The van der Waals surface area contributed by atoms with E-state index in [0.717, 1.165) is 5.56 Å². The van der Waals surface area contributed by atoms with Crippen LogP contribution in [0.5, 0.6) is 0 Å². The lowest BCUT2D eigenvalue weighted by molar-refractivity contribution is 0.270. The van der Waals surface area contributed by atoms with Crippen LogP contribution in [0.1, 0.15) is 17.2 Å². The summed E-state index contributed by atoms with van der Waals surface area (Å²) in [5.74, 6) is -0.395. The van der Waals surface area contributed by atoms with Crippen LogP contribution in [0.2, 0.25) is 0 Å². The number of sulfonamides is 1. The van der Waals surface area contributed by atoms with Crippen molar-refractivity contribution in [2.75, 3.05) is 19.6 Å². The maximum atomic E-state index is 13.5. The Hall–Kier alpha value is -1.76. The van der Waals surface area contributed by atoms with Gasteiger partial charge in [0.1, 0.15) is 5.82 Å². The van der Waals surface area contributed by atoms with Crippen LogP contribution in [0.15, 0.2) is 54.6 Å². The molecular weight excluding hydrogens is 315 g/mol. The van der Waals surface area contributed by atoms with E-state index in [-0.39, 0.29) is 17.6 Å². The van der Waals surface area contributed by atoms with Crippen molar-refractivity contribution < 1.29 is 12.8 Å². The summed E-state index contributed by atoms with van der Waals surface area (Å²) in [6, 6.07) is 14.9. The molecule has 4 nitrogen and oxygen atoms in total. The third-order valence-corrected chi connectivity index (χ3v) is 5.83. The van der Waals surface area contributed by atoms with E-state index in [1.807, 2.05) is 18.2 Å². The first kappa shape index (κ1) is 16.1. The van der Waals surface area contributed by atoms with Crippen molar-refractivity contribution in [3.05, 3.63) is 71.5 Å². The molecule has 0 spiro atoms. The van der Waals surface area contributed by atoms with E-state index in [9.17, 15) is 12.8 Å². The van der Waals surface area contributed by atoms with Gasteiger partial charge in [-0.2, -0.15) is 4.31 Å². The van der Waals surface area contributed by atoms with E-state index in [0.29, 0.717) is 25.2 Å². The Morgan fingerprint density at radius 2 is 1.91 bits per heavy atom. The first-order valence-electron chi connectivity index (χ1n) is 7.56. The average molecular weight is 334 g/mol. The summed E-state index contributed by atoms with van der Waals surface area (Å²) in [5.41, 5.74) is 1.43. The van der Waals surface area contributed by atoms with Crippen LogP contribution in [0.25, 0.3) is 0 Å². The quantitative estimate of drug-likeness (QED) is 0.933. The van der Waals surface area contributed by atoms with E-state index in [1.54, 1.807) is 24.3 Å². The van der Waals surface area contributed by atoms with Gasteiger partial charge in [-0.1, -0.05) is 42.5 Å². The minimum absolute atomic E-state index is 0.0420. The van der Waals surface area contributed by atoms with Crippen LogP contribution in [0, 0.1) is 5.82 Å². The summed E-state index contributed by atoms with van der Waals surface area (Å²) >= 11 is 0. The third kappa shape index (κ3) is 3.77. The van der Waals surface area contributed by atoms with Gasteiger partial charge in [0.05, 0.1) is 11.8 Å². The Kier molecular flexibility index (Phi) is 4.75. The molecule has 1 aliphatic heterocycles. The van der Waals surface area contributed by atoms with Gasteiger partial charge in [-0.25, -0.2) is 12.8 Å². The van der Waals surface area contributed by atoms with Gasteiger partial charge in [0.2, 0.25) is 10.0 Å². The Morgan fingerprint density at radius 3 is 2.65 bits per heavy atom. The molecule has 23 heavy (non-hydrogen) atoms. The Balaban J connectivity index is 1.88. The zero-order valence-corrected chi connectivity index (χ0v) is 13.5. The number of nitrogens with zero attached hydrogens (tertiary/aromatic N) is 1. The molecule has 1 heterocycles. The second kappa shape index (κ2) is 6.78. The van der Waals surface area contributed by atoms with Crippen LogP contribution in [-0.4, -0.2) is 32.4 Å². The summed E-state index contributed by atoms with van der Waals surface area (Å²) in [6.45, 7) is 1.47. The third-order valence-electron chi connectivity index (χ3n) is 3.98. The molecule has 122 valence electrons. The number of rotatable bonds is 4. The molecule has 0 aromatic heterocycles. The summed E-state index contributed by atoms with van der Waals surface area (Å²) < 4.78 is 40.7. The van der Waals surface area contributed by atoms with Crippen LogP contribution >= 0.6 is 0 Å². The van der Waals surface area contributed by atoms with Gasteiger partial charge in [-0.05, 0) is 23.3 Å². The number of hydrogen-bond acceptors (Lipinski definition) is 3. The lowest BCUT2D eigenvalue weighted by Gasteiger charge is -2.35. The van der Waals surface area contributed by atoms with Gasteiger partial charge >= 0.3 is 0 Å². The average Bonchev–Trinajstić information content (AvgIpc) is 2.55. The van der Waals surface area contributed by atoms with Gasteiger partial charge in [0, 0.05) is 19.6 Å². The fourth-order valence-corrected chi connectivity index (χ4v) is 4.62. The topological polar surface area (TPSA) is 49.4 Å². The predicted molar refractivity (Wildman–Crippen MR) is 87.8 cm³/mol. The normalized spacial score (nSPS) is 19.6. The fraction of sp³-hybridized carbons (Fsp3) is 0.294. The first-order valence-corrected chi connectivity index (χ1v) is 9.17. The molecular formula is C17H19FN2O2S. The highest BCUT2D eigenvalue weighted by molar-refractivity contribution is 7.88. The van der Waals surface area contributed by atoms with Gasteiger partial charge in [-0.15, -0.1) is 0 Å². The molecule has 6 heteroatoms. The number of nitrogens with one attached hydrogen (secondary N) is 1. The van der Waals surface area contributed by atoms with Crippen molar-refractivity contribution in [1.29, 1.82) is 0 Å². The van der Waals surface area contributed by atoms with Crippen molar-refractivity contribution in [2.24, 2.45) is 0 Å². The lowest BCUT2D eigenvalue weighted by Crippen LogP contribution is -2.48. The Bertz CT molecular complexity index is 765. The highest BCUT2D eigenvalue weighted by Crippen LogP contribution is 2.27. The van der Waals surface area contributed by atoms with Gasteiger partial charge < -0.3 is 5.32 Å². The van der Waals surface area contributed by atoms with Crippen molar-refractivity contribution in [2.45, 2.75) is 11.8 Å². The molecule has 1 fully saturated rings. The zero-order chi connectivity index (χ0) is 16.3. The zero-order valence-electron chi connectivity index (χ0n) is 12.7. The molecule has 2 aromatic carbocycles. The van der Waals surface area contributed by atoms with Crippen molar-refractivity contribution in [1.82, 2.24) is 9.62 Å². The summed E-state index contributed by atoms with van der Waals surface area (Å²) in [4.78, 5) is 0. The standard InChI is InChI=1S/C17H19FN2O2S/c18-16-8-4-7-15(11-16)17-12-19-9-10-20(17)23(21,22)13-14-5-2-1-3-6-14/h1-8,11,17,19H,9-10,12-13H2. The van der Waals surface area contributed by atoms with Gasteiger partial charge in [-0.3, -0.25) is 0 Å². The fourth-order valence-electron chi connectivity index (χ4n) is 2.88. The summed E-state index contributed by atoms with van der Waals surface area (Å²) in [5, 5.41) is 3.19. The summed E-state index contributed by atoms with van der Waals surface area (Å²) in [6.07, 6.45) is 0. The molecule has 0 bridgehead atoms. The maximum Gasteiger partial charge on any atom is 0.218 e. The largest absolute Gasteiger partial charge is 0.313 e. The van der Waals surface area contributed by atoms with Crippen LogP contribution < -0.4 is 5.32 Å². The molecule has 1 saturated heterocycles. The molecule has 1 atom stereocenters. The Labute approximate surface area is 136 Å². The van der Waals surface area contributed by atoms with Crippen LogP contribution in [0.3, 0.4) is 0 Å². The van der Waals surface area contributed by atoms with Crippen LogP contribution in [-0.2, 0) is 15.8 Å². The number of piperazine rings is 1. The molecule has 0 saturated carbocycles. The second-order valence-electron chi connectivity index (χ2n) is 5.63. The van der Waals surface area contributed by atoms with Crippen molar-refractivity contribution in [3.8, 4) is 0 Å². The SMILES string of the molecule is O=S(=O)(Cc1ccccc1)N1CCNCC1c1cccc(F)c1. The number of halogens is 1. The smallest absolute Gasteiger partial charge is 0.218 e. The minimum Gasteiger partial charge on any atom is -0.313 e. The molecule has 3 rings (SSSR count). The minimum atomic E-state index is -3.48. The molecule has 1 unspecified atom stereocenters. The number of hydrogen-bond donors (Lipinski definition) is 1. The van der Waals surface area contributed by atoms with E-state index in [1.165, 1.54) is 16.4 Å². The van der Waals surface area contributed by atoms with Gasteiger partial charge in [0.25, 0.3) is 0 Å². The molecule has 1 aliphatic rings.